The second kappa shape index (κ2) is 6.51. The Morgan fingerprint density at radius 3 is 2.96 bits per heavy atom. The van der Waals surface area contributed by atoms with Crippen LogP contribution in [0.15, 0.2) is 29.7 Å². The van der Waals surface area contributed by atoms with Gasteiger partial charge < -0.3 is 14.7 Å². The molecule has 0 spiro atoms. The maximum Gasteiger partial charge on any atom is 0.219 e. The number of thioether (sulfide) groups is 1. The van der Waals surface area contributed by atoms with Crippen molar-refractivity contribution >= 4 is 23.3 Å². The normalized spacial score (nSPS) is 14.3. The second-order valence-corrected chi connectivity index (χ2v) is 7.37. The molecule has 8 heteroatoms. The van der Waals surface area contributed by atoms with Gasteiger partial charge >= 0.3 is 0 Å². The van der Waals surface area contributed by atoms with Crippen molar-refractivity contribution in [3.05, 3.63) is 41.6 Å². The zero-order valence-corrected chi connectivity index (χ0v) is 14.9. The molecule has 3 aromatic rings. The highest BCUT2D eigenvalue weighted by Gasteiger charge is 2.30. The summed E-state index contributed by atoms with van der Waals surface area (Å²) in [4.78, 5) is 15.9. The van der Waals surface area contributed by atoms with E-state index in [1.807, 2.05) is 27.4 Å². The lowest BCUT2D eigenvalue weighted by Gasteiger charge is -2.07. The first-order valence-corrected chi connectivity index (χ1v) is 9.38. The van der Waals surface area contributed by atoms with Crippen LogP contribution in [0.2, 0.25) is 0 Å². The Kier molecular flexibility index (Phi) is 4.20. The summed E-state index contributed by atoms with van der Waals surface area (Å²) in [6.45, 7) is 2.60. The van der Waals surface area contributed by atoms with Crippen molar-refractivity contribution < 1.29 is 4.79 Å². The Balaban J connectivity index is 1.53. The molecule has 0 aromatic carbocycles. The van der Waals surface area contributed by atoms with E-state index in [1.165, 1.54) is 0 Å². The number of carbonyl (C=O) groups is 1. The van der Waals surface area contributed by atoms with Gasteiger partial charge in [0.05, 0.1) is 5.69 Å². The Labute approximate surface area is 149 Å². The van der Waals surface area contributed by atoms with E-state index < -0.39 is 0 Å². The Morgan fingerprint density at radius 1 is 1.40 bits per heavy atom. The van der Waals surface area contributed by atoms with Crippen LogP contribution in [0.4, 0.5) is 0 Å². The lowest BCUT2D eigenvalue weighted by Crippen LogP contribution is -2.15. The molecule has 130 valence electrons. The average molecular weight is 356 g/mol. The number of aromatic nitrogens is 5. The molecule has 1 saturated carbocycles. The highest BCUT2D eigenvalue weighted by molar-refractivity contribution is 7.98. The van der Waals surface area contributed by atoms with Gasteiger partial charge in [0.1, 0.15) is 11.5 Å². The standard InChI is InChI=1S/C17H20N6OS/c1-11-3-2-7-22-9-13(19-15(11)22)10-25-17-21-20-16(12-4-5-12)23(17)8-6-14(18)24/h2-3,7,9,12H,4-6,8,10H2,1H3,(H2,18,24). The van der Waals surface area contributed by atoms with Gasteiger partial charge in [-0.1, -0.05) is 17.8 Å². The number of hydrogen-bond donors (Lipinski definition) is 1. The zero-order valence-electron chi connectivity index (χ0n) is 14.1. The minimum absolute atomic E-state index is 0.303. The lowest BCUT2D eigenvalue weighted by molar-refractivity contribution is -0.118. The van der Waals surface area contributed by atoms with Gasteiger partial charge in [0, 0.05) is 37.0 Å². The molecule has 3 heterocycles. The van der Waals surface area contributed by atoms with E-state index in [0.717, 1.165) is 40.7 Å². The largest absolute Gasteiger partial charge is 0.370 e. The first kappa shape index (κ1) is 16.1. The Morgan fingerprint density at radius 2 is 2.24 bits per heavy atom. The maximum atomic E-state index is 11.2. The minimum Gasteiger partial charge on any atom is -0.370 e. The van der Waals surface area contributed by atoms with E-state index >= 15 is 0 Å². The zero-order chi connectivity index (χ0) is 17.4. The smallest absolute Gasteiger partial charge is 0.219 e. The van der Waals surface area contributed by atoms with E-state index in [9.17, 15) is 4.79 Å². The molecule has 0 radical (unpaired) electrons. The van der Waals surface area contributed by atoms with Crippen molar-refractivity contribution in [2.45, 2.75) is 49.6 Å². The number of primary amides is 1. The molecular weight excluding hydrogens is 336 g/mol. The number of fused-ring (bicyclic) bond motifs is 1. The van der Waals surface area contributed by atoms with E-state index in [0.29, 0.717) is 24.6 Å². The summed E-state index contributed by atoms with van der Waals surface area (Å²) in [5.41, 5.74) is 8.44. The third-order valence-corrected chi connectivity index (χ3v) is 5.35. The molecule has 1 amide bonds. The van der Waals surface area contributed by atoms with E-state index in [-0.39, 0.29) is 5.91 Å². The van der Waals surface area contributed by atoms with Gasteiger partial charge in [0.2, 0.25) is 5.91 Å². The first-order valence-electron chi connectivity index (χ1n) is 8.39. The molecule has 1 fully saturated rings. The Hall–Kier alpha value is -2.35. The van der Waals surface area contributed by atoms with E-state index in [4.69, 9.17) is 10.7 Å². The summed E-state index contributed by atoms with van der Waals surface area (Å²) in [5.74, 6) is 1.87. The molecule has 3 aromatic heterocycles. The van der Waals surface area contributed by atoms with Crippen molar-refractivity contribution in [2.75, 3.05) is 0 Å². The Bertz CT molecular complexity index is 927. The van der Waals surface area contributed by atoms with Crippen molar-refractivity contribution in [1.29, 1.82) is 0 Å². The molecule has 0 saturated heterocycles. The maximum absolute atomic E-state index is 11.2. The molecule has 1 aliphatic rings. The van der Waals surface area contributed by atoms with Gasteiger partial charge in [-0.3, -0.25) is 4.79 Å². The fourth-order valence-corrected chi connectivity index (χ4v) is 3.75. The molecule has 4 rings (SSSR count). The third-order valence-electron chi connectivity index (χ3n) is 4.35. The quantitative estimate of drug-likeness (QED) is 0.656. The van der Waals surface area contributed by atoms with Gasteiger partial charge in [-0.15, -0.1) is 10.2 Å². The number of amides is 1. The SMILES string of the molecule is Cc1cccn2cc(CSc3nnc(C4CC4)n3CCC(N)=O)nc12. The van der Waals surface area contributed by atoms with Gasteiger partial charge in [0.25, 0.3) is 0 Å². The van der Waals surface area contributed by atoms with Crippen molar-refractivity contribution in [3.63, 3.8) is 0 Å². The number of aryl methyl sites for hydroxylation is 1. The number of rotatable bonds is 7. The van der Waals surface area contributed by atoms with Crippen LogP contribution in [0.25, 0.3) is 5.65 Å². The van der Waals surface area contributed by atoms with Gasteiger partial charge in [-0.05, 0) is 31.4 Å². The monoisotopic (exact) mass is 356 g/mol. The van der Waals surface area contributed by atoms with Crippen LogP contribution in [0, 0.1) is 6.92 Å². The molecule has 0 atom stereocenters. The van der Waals surface area contributed by atoms with Crippen LogP contribution in [0.3, 0.4) is 0 Å². The van der Waals surface area contributed by atoms with Crippen LogP contribution >= 0.6 is 11.8 Å². The lowest BCUT2D eigenvalue weighted by atomic mass is 10.3. The summed E-state index contributed by atoms with van der Waals surface area (Å²) in [7, 11) is 0. The summed E-state index contributed by atoms with van der Waals surface area (Å²) >= 11 is 1.60. The van der Waals surface area contributed by atoms with E-state index in [2.05, 4.69) is 23.2 Å². The molecular formula is C17H20N6OS. The van der Waals surface area contributed by atoms with Crippen molar-refractivity contribution in [2.24, 2.45) is 5.73 Å². The van der Waals surface area contributed by atoms with Gasteiger partial charge in [0.15, 0.2) is 5.16 Å². The van der Waals surface area contributed by atoms with Crippen LogP contribution in [-0.4, -0.2) is 30.1 Å². The van der Waals surface area contributed by atoms with Crippen LogP contribution in [-0.2, 0) is 17.1 Å². The number of carbonyl (C=O) groups excluding carboxylic acids is 1. The van der Waals surface area contributed by atoms with Gasteiger partial charge in [-0.25, -0.2) is 4.98 Å². The molecule has 7 nitrogen and oxygen atoms in total. The van der Waals surface area contributed by atoms with Gasteiger partial charge in [-0.2, -0.15) is 0 Å². The molecule has 1 aliphatic carbocycles. The highest BCUT2D eigenvalue weighted by atomic mass is 32.2. The molecule has 0 bridgehead atoms. The number of hydrogen-bond acceptors (Lipinski definition) is 5. The summed E-state index contributed by atoms with van der Waals surface area (Å²) in [5, 5.41) is 9.50. The fourth-order valence-electron chi connectivity index (χ4n) is 2.89. The molecule has 25 heavy (non-hydrogen) atoms. The number of imidazole rings is 1. The molecule has 0 aliphatic heterocycles. The molecule has 0 unspecified atom stereocenters. The molecule has 2 N–H and O–H groups in total. The average Bonchev–Trinajstić information content (AvgIpc) is 3.20. The predicted molar refractivity (Wildman–Crippen MR) is 95.3 cm³/mol. The topological polar surface area (TPSA) is 91.1 Å². The number of pyridine rings is 1. The second-order valence-electron chi connectivity index (χ2n) is 6.43. The van der Waals surface area contributed by atoms with Crippen LogP contribution in [0.5, 0.6) is 0 Å². The summed E-state index contributed by atoms with van der Waals surface area (Å²) in [6, 6.07) is 4.07. The summed E-state index contributed by atoms with van der Waals surface area (Å²) in [6.07, 6.45) is 6.64. The fraction of sp³-hybridized carbons (Fsp3) is 0.412. The van der Waals surface area contributed by atoms with Crippen molar-refractivity contribution in [3.8, 4) is 0 Å². The number of nitrogens with zero attached hydrogens (tertiary/aromatic N) is 5. The number of nitrogens with two attached hydrogens (primary N) is 1. The van der Waals surface area contributed by atoms with Crippen LogP contribution in [0.1, 0.15) is 42.3 Å². The van der Waals surface area contributed by atoms with Crippen LogP contribution < -0.4 is 5.73 Å². The van der Waals surface area contributed by atoms with E-state index in [1.54, 1.807) is 11.8 Å². The highest BCUT2D eigenvalue weighted by Crippen LogP contribution is 2.40. The first-order chi connectivity index (χ1) is 12.1. The van der Waals surface area contributed by atoms with Crippen molar-refractivity contribution in [1.82, 2.24) is 24.1 Å². The third kappa shape index (κ3) is 3.39. The predicted octanol–water partition coefficient (Wildman–Crippen LogP) is 2.28. The summed E-state index contributed by atoms with van der Waals surface area (Å²) < 4.78 is 4.09. The minimum atomic E-state index is -0.303.